The molecule has 1 aliphatic rings. The quantitative estimate of drug-likeness (QED) is 0.119. The van der Waals surface area contributed by atoms with Crippen LogP contribution in [0.1, 0.15) is 56.2 Å². The van der Waals surface area contributed by atoms with E-state index >= 15 is 0 Å². The first-order chi connectivity index (χ1) is 25.5. The van der Waals surface area contributed by atoms with Gasteiger partial charge in [0.25, 0.3) is 0 Å². The van der Waals surface area contributed by atoms with E-state index in [0.29, 0.717) is 64.8 Å². The van der Waals surface area contributed by atoms with Crippen LogP contribution in [-0.4, -0.2) is 90.3 Å². The molecule has 4 atom stereocenters. The number of nitrogens with two attached hydrogens (primary N) is 2. The van der Waals surface area contributed by atoms with E-state index < -0.39 is 41.9 Å². The Morgan fingerprint density at radius 1 is 0.660 bits per heavy atom. The molecule has 7 N–H and O–H groups in total. The number of nitrogens with zero attached hydrogens (tertiary/aromatic N) is 2. The molecule has 0 unspecified atom stereocenters. The molecule has 3 aromatic rings. The first-order valence-electron chi connectivity index (χ1n) is 18.8. The van der Waals surface area contributed by atoms with Crippen LogP contribution in [0.3, 0.4) is 0 Å². The van der Waals surface area contributed by atoms with Gasteiger partial charge in [-0.3, -0.25) is 19.2 Å². The van der Waals surface area contributed by atoms with Gasteiger partial charge in [-0.15, -0.1) is 0 Å². The Morgan fingerprint density at radius 3 is 1.72 bits per heavy atom. The smallest absolute Gasteiger partial charge is 0.245 e. The average molecular weight is 724 g/mol. The minimum absolute atomic E-state index is 0.0460. The summed E-state index contributed by atoms with van der Waals surface area (Å²) in [6.07, 6.45) is 2.64. The van der Waals surface area contributed by atoms with Crippen LogP contribution in [0.5, 0.6) is 0 Å². The van der Waals surface area contributed by atoms with Crippen molar-refractivity contribution in [2.24, 2.45) is 17.4 Å². The molecule has 11 nitrogen and oxygen atoms in total. The number of carbonyl (C=O) groups is 4. The van der Waals surface area contributed by atoms with Crippen molar-refractivity contribution in [2.45, 2.75) is 76.5 Å². The SMILES string of the molecule is C=C(c1ccccc1)N1CCN(C(=O)[C@@H](CCCCN)NC(=O)[C@@H](CC(C)C)NC(=O)[C@@H](Cc2ccccc2)NC(=O)[C@H](N)Cc2ccccc2)CC1. The van der Waals surface area contributed by atoms with Crippen molar-refractivity contribution in [3.8, 4) is 0 Å². The summed E-state index contributed by atoms with van der Waals surface area (Å²) in [5, 5.41) is 8.76. The predicted octanol–water partition coefficient (Wildman–Crippen LogP) is 3.24. The molecule has 1 saturated heterocycles. The molecule has 1 fully saturated rings. The molecule has 4 amide bonds. The number of benzene rings is 3. The van der Waals surface area contributed by atoms with Crippen LogP contribution in [-0.2, 0) is 32.0 Å². The molecule has 0 bridgehead atoms. The van der Waals surface area contributed by atoms with Gasteiger partial charge in [0.05, 0.1) is 6.04 Å². The molecule has 0 spiro atoms. The standard InChI is InChI=1S/C42H57N7O4/c1-30(2)27-37(47-41(52)38(29-33-17-9-5-10-18-33)46-39(50)35(44)28-32-15-7-4-8-16-32)40(51)45-36(21-13-14-22-43)42(53)49-25-23-48(24-26-49)31(3)34-19-11-6-12-20-34/h4-12,15-20,30,35-38H,3,13-14,21-29,43-44H2,1-2H3,(H,45,51)(H,46,50)(H,47,52)/t35-,36-,37-,38-/m1/s1. The Morgan fingerprint density at radius 2 is 1.15 bits per heavy atom. The molecule has 0 radical (unpaired) electrons. The van der Waals surface area contributed by atoms with Crippen LogP contribution in [0.25, 0.3) is 5.70 Å². The van der Waals surface area contributed by atoms with Gasteiger partial charge in [0, 0.05) is 38.3 Å². The minimum Gasteiger partial charge on any atom is -0.368 e. The summed E-state index contributed by atoms with van der Waals surface area (Å²) in [6.45, 7) is 10.9. The third-order valence-corrected chi connectivity index (χ3v) is 9.53. The maximum Gasteiger partial charge on any atom is 0.245 e. The Kier molecular flexibility index (Phi) is 16.1. The van der Waals surface area contributed by atoms with Gasteiger partial charge in [0.15, 0.2) is 0 Å². The highest BCUT2D eigenvalue weighted by Gasteiger charge is 2.33. The number of hydrogen-bond donors (Lipinski definition) is 5. The molecule has 0 aliphatic carbocycles. The van der Waals surface area contributed by atoms with E-state index in [1.54, 1.807) is 4.90 Å². The van der Waals surface area contributed by atoms with E-state index in [2.05, 4.69) is 27.4 Å². The third-order valence-electron chi connectivity index (χ3n) is 9.53. The van der Waals surface area contributed by atoms with Crippen LogP contribution in [0.4, 0.5) is 0 Å². The van der Waals surface area contributed by atoms with E-state index in [1.165, 1.54) is 0 Å². The number of carbonyl (C=O) groups excluding carboxylic acids is 4. The first-order valence-corrected chi connectivity index (χ1v) is 18.8. The fourth-order valence-electron chi connectivity index (χ4n) is 6.53. The molecule has 4 rings (SSSR count). The molecule has 0 saturated carbocycles. The highest BCUT2D eigenvalue weighted by atomic mass is 16.2. The summed E-state index contributed by atoms with van der Waals surface area (Å²) in [5.41, 5.74) is 15.8. The first kappa shape index (κ1) is 40.8. The zero-order valence-corrected chi connectivity index (χ0v) is 31.2. The lowest BCUT2D eigenvalue weighted by atomic mass is 9.99. The van der Waals surface area contributed by atoms with Crippen molar-refractivity contribution in [1.29, 1.82) is 0 Å². The Balaban J connectivity index is 1.45. The van der Waals surface area contributed by atoms with E-state index in [-0.39, 0.29) is 18.2 Å². The molecule has 11 heteroatoms. The highest BCUT2D eigenvalue weighted by molar-refractivity contribution is 5.95. The topological polar surface area (TPSA) is 163 Å². The van der Waals surface area contributed by atoms with E-state index in [0.717, 1.165) is 22.4 Å². The van der Waals surface area contributed by atoms with Gasteiger partial charge < -0.3 is 37.2 Å². The second-order valence-corrected chi connectivity index (χ2v) is 14.2. The summed E-state index contributed by atoms with van der Waals surface area (Å²) in [6, 6.07) is 25.2. The van der Waals surface area contributed by atoms with Gasteiger partial charge in [-0.2, -0.15) is 0 Å². The number of hydrogen-bond acceptors (Lipinski definition) is 7. The van der Waals surface area contributed by atoms with Crippen LogP contribution in [0.2, 0.25) is 0 Å². The van der Waals surface area contributed by atoms with Gasteiger partial charge >= 0.3 is 0 Å². The molecular weight excluding hydrogens is 667 g/mol. The van der Waals surface area contributed by atoms with Crippen LogP contribution in [0.15, 0.2) is 97.6 Å². The van der Waals surface area contributed by atoms with Crippen molar-refractivity contribution in [3.05, 3.63) is 114 Å². The maximum absolute atomic E-state index is 14.0. The van der Waals surface area contributed by atoms with E-state index in [9.17, 15) is 19.2 Å². The summed E-state index contributed by atoms with van der Waals surface area (Å²) < 4.78 is 0. The van der Waals surface area contributed by atoms with E-state index in [4.69, 9.17) is 11.5 Å². The fraction of sp³-hybridized carbons (Fsp3) is 0.429. The number of nitrogens with one attached hydrogen (secondary N) is 3. The summed E-state index contributed by atoms with van der Waals surface area (Å²) in [7, 11) is 0. The number of piperazine rings is 1. The summed E-state index contributed by atoms with van der Waals surface area (Å²) >= 11 is 0. The Hall–Kier alpha value is -5.00. The second kappa shape index (κ2) is 20.9. The number of unbranched alkanes of at least 4 members (excludes halogenated alkanes) is 1. The predicted molar refractivity (Wildman–Crippen MR) is 210 cm³/mol. The Bertz CT molecular complexity index is 1610. The molecule has 53 heavy (non-hydrogen) atoms. The van der Waals surface area contributed by atoms with Gasteiger partial charge in [0.1, 0.15) is 18.1 Å². The zero-order valence-electron chi connectivity index (χ0n) is 31.2. The maximum atomic E-state index is 14.0. The van der Waals surface area contributed by atoms with Crippen molar-refractivity contribution in [2.75, 3.05) is 32.7 Å². The van der Waals surface area contributed by atoms with Crippen LogP contribution < -0.4 is 27.4 Å². The molecule has 0 aromatic heterocycles. The molecular formula is C42H57N7O4. The zero-order chi connectivity index (χ0) is 38.2. The van der Waals surface area contributed by atoms with Crippen molar-refractivity contribution in [3.63, 3.8) is 0 Å². The lowest BCUT2D eigenvalue weighted by molar-refractivity contribution is -0.139. The summed E-state index contributed by atoms with van der Waals surface area (Å²) in [5.74, 6) is -1.52. The van der Waals surface area contributed by atoms with E-state index in [1.807, 2.05) is 105 Å². The second-order valence-electron chi connectivity index (χ2n) is 14.2. The molecule has 284 valence electrons. The van der Waals surface area contributed by atoms with Gasteiger partial charge in [-0.1, -0.05) is 111 Å². The van der Waals surface area contributed by atoms with Gasteiger partial charge in [-0.25, -0.2) is 0 Å². The summed E-state index contributed by atoms with van der Waals surface area (Å²) in [4.78, 5) is 59.2. The van der Waals surface area contributed by atoms with Crippen molar-refractivity contribution in [1.82, 2.24) is 25.8 Å². The lowest BCUT2D eigenvalue weighted by Crippen LogP contribution is -2.59. The van der Waals surface area contributed by atoms with Gasteiger partial charge in [-0.05, 0) is 61.3 Å². The largest absolute Gasteiger partial charge is 0.368 e. The number of rotatable bonds is 19. The van der Waals surface area contributed by atoms with Crippen molar-refractivity contribution >= 4 is 29.3 Å². The normalized spacial score (nSPS) is 15.2. The molecule has 1 aliphatic heterocycles. The van der Waals surface area contributed by atoms with Gasteiger partial charge in [0.2, 0.25) is 23.6 Å². The lowest BCUT2D eigenvalue weighted by Gasteiger charge is -2.38. The number of amides is 4. The monoisotopic (exact) mass is 723 g/mol. The molecule has 1 heterocycles. The van der Waals surface area contributed by atoms with Crippen LogP contribution in [0, 0.1) is 5.92 Å². The van der Waals surface area contributed by atoms with Crippen LogP contribution >= 0.6 is 0 Å². The molecule has 3 aromatic carbocycles. The Labute approximate surface area is 314 Å². The highest BCUT2D eigenvalue weighted by Crippen LogP contribution is 2.20. The minimum atomic E-state index is -0.988. The average Bonchev–Trinajstić information content (AvgIpc) is 3.17. The third kappa shape index (κ3) is 12.9. The van der Waals surface area contributed by atoms with Crippen molar-refractivity contribution < 1.29 is 19.2 Å². The fourth-order valence-corrected chi connectivity index (χ4v) is 6.53.